The average molecular weight is 374 g/mol. The quantitative estimate of drug-likeness (QED) is 0.609. The van der Waals surface area contributed by atoms with E-state index in [1.54, 1.807) is 12.1 Å². The normalized spacial score (nSPS) is 23.9. The van der Waals surface area contributed by atoms with Crippen molar-refractivity contribution in [1.29, 1.82) is 0 Å². The monoisotopic (exact) mass is 374 g/mol. The number of carbonyl (C=O) groups is 1. The number of rotatable bonds is 5. The molecule has 2 fully saturated rings. The molecule has 1 heterocycles. The number of amides is 1. The zero-order valence-electron chi connectivity index (χ0n) is 16.0. The van der Waals surface area contributed by atoms with E-state index in [-0.39, 0.29) is 28.5 Å². The predicted octanol–water partition coefficient (Wildman–Crippen LogP) is 3.08. The fraction of sp³-hybridized carbons (Fsp3) is 0.650. The van der Waals surface area contributed by atoms with Crippen molar-refractivity contribution < 1.29 is 9.72 Å². The van der Waals surface area contributed by atoms with Gasteiger partial charge < -0.3 is 16.0 Å². The smallest absolute Gasteiger partial charge is 0.293 e. The van der Waals surface area contributed by atoms with Gasteiger partial charge in [0.2, 0.25) is 0 Å². The van der Waals surface area contributed by atoms with Crippen molar-refractivity contribution in [2.24, 2.45) is 17.6 Å². The van der Waals surface area contributed by atoms with Crippen LogP contribution in [0.25, 0.3) is 0 Å². The number of hydrogen-bond donors (Lipinski definition) is 2. The highest BCUT2D eigenvalue weighted by Gasteiger charge is 2.28. The summed E-state index contributed by atoms with van der Waals surface area (Å²) in [4.78, 5) is 26.0. The molecule has 1 aliphatic heterocycles. The van der Waals surface area contributed by atoms with Gasteiger partial charge in [0, 0.05) is 30.8 Å². The predicted molar refractivity (Wildman–Crippen MR) is 106 cm³/mol. The molecule has 0 bridgehead atoms. The molecule has 1 saturated carbocycles. The van der Waals surface area contributed by atoms with Crippen LogP contribution < -0.4 is 16.0 Å². The van der Waals surface area contributed by atoms with Crippen LogP contribution in [0.5, 0.6) is 0 Å². The van der Waals surface area contributed by atoms with Gasteiger partial charge in [0.15, 0.2) is 0 Å². The van der Waals surface area contributed by atoms with E-state index in [2.05, 4.69) is 17.1 Å². The highest BCUT2D eigenvalue weighted by Crippen LogP contribution is 2.32. The maximum absolute atomic E-state index is 12.7. The summed E-state index contributed by atoms with van der Waals surface area (Å²) < 4.78 is 0. The maximum Gasteiger partial charge on any atom is 0.293 e. The summed E-state index contributed by atoms with van der Waals surface area (Å²) >= 11 is 0. The molecule has 0 spiro atoms. The lowest BCUT2D eigenvalue weighted by molar-refractivity contribution is -0.384. The Labute approximate surface area is 160 Å². The summed E-state index contributed by atoms with van der Waals surface area (Å²) in [5, 5.41) is 14.7. The van der Waals surface area contributed by atoms with E-state index in [9.17, 15) is 14.9 Å². The lowest BCUT2D eigenvalue weighted by Crippen LogP contribution is -2.44. The van der Waals surface area contributed by atoms with E-state index >= 15 is 0 Å². The number of nitro groups is 1. The zero-order valence-corrected chi connectivity index (χ0v) is 16.0. The number of benzene rings is 1. The highest BCUT2D eigenvalue weighted by atomic mass is 16.6. The lowest BCUT2D eigenvalue weighted by Gasteiger charge is -2.32. The fourth-order valence-electron chi connectivity index (χ4n) is 4.26. The first kappa shape index (κ1) is 19.6. The summed E-state index contributed by atoms with van der Waals surface area (Å²) in [6.07, 6.45) is 6.22. The Morgan fingerprint density at radius 3 is 2.63 bits per heavy atom. The minimum atomic E-state index is -0.382. The second-order valence-corrected chi connectivity index (χ2v) is 7.99. The molecule has 2 aliphatic rings. The first-order chi connectivity index (χ1) is 13.0. The van der Waals surface area contributed by atoms with E-state index in [0.717, 1.165) is 51.6 Å². The van der Waals surface area contributed by atoms with Gasteiger partial charge in [-0.1, -0.05) is 19.8 Å². The first-order valence-corrected chi connectivity index (χ1v) is 10.0. The SMILES string of the molecule is CC1CCN(c2ccc(C(=O)NC3CCCCC3CN)cc2[N+](=O)[O-])CC1. The van der Waals surface area contributed by atoms with Crippen molar-refractivity contribution in [3.05, 3.63) is 33.9 Å². The van der Waals surface area contributed by atoms with Crippen LogP contribution in [-0.2, 0) is 0 Å². The Bertz CT molecular complexity index is 686. The Morgan fingerprint density at radius 1 is 1.26 bits per heavy atom. The van der Waals surface area contributed by atoms with Gasteiger partial charge in [-0.2, -0.15) is 0 Å². The van der Waals surface area contributed by atoms with E-state index < -0.39 is 0 Å². The molecule has 1 amide bonds. The van der Waals surface area contributed by atoms with Gasteiger partial charge >= 0.3 is 0 Å². The number of carbonyl (C=O) groups excluding carboxylic acids is 1. The number of hydrogen-bond acceptors (Lipinski definition) is 5. The molecule has 1 aromatic carbocycles. The molecule has 2 unspecified atom stereocenters. The summed E-state index contributed by atoms with van der Waals surface area (Å²) in [7, 11) is 0. The van der Waals surface area contributed by atoms with Crippen LogP contribution in [0.3, 0.4) is 0 Å². The third-order valence-corrected chi connectivity index (χ3v) is 6.09. The second-order valence-electron chi connectivity index (χ2n) is 7.99. The van der Waals surface area contributed by atoms with E-state index in [0.29, 0.717) is 23.7 Å². The average Bonchev–Trinajstić information content (AvgIpc) is 2.68. The summed E-state index contributed by atoms with van der Waals surface area (Å²) in [6.45, 7) is 4.39. The number of piperidine rings is 1. The first-order valence-electron chi connectivity index (χ1n) is 10.0. The minimum Gasteiger partial charge on any atom is -0.366 e. The summed E-state index contributed by atoms with van der Waals surface area (Å²) in [5.74, 6) is 0.686. The molecule has 2 atom stereocenters. The van der Waals surface area contributed by atoms with Crippen molar-refractivity contribution in [2.45, 2.75) is 51.5 Å². The second kappa shape index (κ2) is 8.69. The molecule has 7 nitrogen and oxygen atoms in total. The van der Waals surface area contributed by atoms with Crippen molar-refractivity contribution in [3.8, 4) is 0 Å². The fourth-order valence-corrected chi connectivity index (χ4v) is 4.26. The van der Waals surface area contributed by atoms with Gasteiger partial charge in [0.25, 0.3) is 11.6 Å². The van der Waals surface area contributed by atoms with E-state index in [1.807, 2.05) is 0 Å². The van der Waals surface area contributed by atoms with Crippen LogP contribution in [0.2, 0.25) is 0 Å². The van der Waals surface area contributed by atoms with Crippen molar-refractivity contribution in [3.63, 3.8) is 0 Å². The maximum atomic E-state index is 12.7. The molecule has 7 heteroatoms. The van der Waals surface area contributed by atoms with Crippen LogP contribution in [0.4, 0.5) is 11.4 Å². The lowest BCUT2D eigenvalue weighted by atomic mass is 9.84. The molecule has 3 rings (SSSR count). The van der Waals surface area contributed by atoms with Crippen molar-refractivity contribution >= 4 is 17.3 Å². The van der Waals surface area contributed by atoms with Gasteiger partial charge in [-0.3, -0.25) is 14.9 Å². The number of nitro benzene ring substituents is 1. The Kier molecular flexibility index (Phi) is 6.31. The topological polar surface area (TPSA) is 102 Å². The van der Waals surface area contributed by atoms with Crippen LogP contribution in [0, 0.1) is 22.0 Å². The largest absolute Gasteiger partial charge is 0.366 e. The number of anilines is 1. The molecular formula is C20H30N4O3. The van der Waals surface area contributed by atoms with Crippen LogP contribution >= 0.6 is 0 Å². The molecule has 0 aromatic heterocycles. The number of nitrogens with one attached hydrogen (secondary N) is 1. The van der Waals surface area contributed by atoms with Crippen molar-refractivity contribution in [2.75, 3.05) is 24.5 Å². The Balaban J connectivity index is 1.77. The summed E-state index contributed by atoms with van der Waals surface area (Å²) in [5.41, 5.74) is 6.80. The van der Waals surface area contributed by atoms with Crippen LogP contribution in [-0.4, -0.2) is 36.5 Å². The van der Waals surface area contributed by atoms with E-state index in [4.69, 9.17) is 5.73 Å². The molecule has 1 aliphatic carbocycles. The van der Waals surface area contributed by atoms with Gasteiger partial charge in [0.05, 0.1) is 4.92 Å². The zero-order chi connectivity index (χ0) is 19.4. The Hall–Kier alpha value is -2.15. The third kappa shape index (κ3) is 4.58. The highest BCUT2D eigenvalue weighted by molar-refractivity contribution is 5.96. The van der Waals surface area contributed by atoms with Gasteiger partial charge in [0.1, 0.15) is 5.69 Å². The molecule has 27 heavy (non-hydrogen) atoms. The molecular weight excluding hydrogens is 344 g/mol. The minimum absolute atomic E-state index is 0.0104. The molecule has 3 N–H and O–H groups in total. The van der Waals surface area contributed by atoms with E-state index in [1.165, 1.54) is 6.07 Å². The third-order valence-electron chi connectivity index (χ3n) is 6.09. The van der Waals surface area contributed by atoms with Crippen LogP contribution in [0.15, 0.2) is 18.2 Å². The molecule has 148 valence electrons. The van der Waals surface area contributed by atoms with Gasteiger partial charge in [-0.25, -0.2) is 0 Å². The number of nitrogens with two attached hydrogens (primary N) is 1. The standard InChI is InChI=1S/C20H30N4O3/c1-14-8-10-23(11-9-14)18-7-6-15(12-19(18)24(26)27)20(25)22-17-5-3-2-4-16(17)13-21/h6-7,12,14,16-17H,2-5,8-11,13,21H2,1H3,(H,22,25). The Morgan fingerprint density at radius 2 is 1.96 bits per heavy atom. The molecule has 1 aromatic rings. The van der Waals surface area contributed by atoms with Crippen molar-refractivity contribution in [1.82, 2.24) is 5.32 Å². The van der Waals surface area contributed by atoms with Gasteiger partial charge in [-0.15, -0.1) is 0 Å². The van der Waals surface area contributed by atoms with Gasteiger partial charge in [-0.05, 0) is 56.2 Å². The number of nitrogens with zero attached hydrogens (tertiary/aromatic N) is 2. The summed E-state index contributed by atoms with van der Waals surface area (Å²) in [6, 6.07) is 4.90. The molecule has 0 radical (unpaired) electrons. The molecule has 1 saturated heterocycles. The van der Waals surface area contributed by atoms with Crippen LogP contribution in [0.1, 0.15) is 55.8 Å².